The Morgan fingerprint density at radius 3 is 2.76 bits per heavy atom. The lowest BCUT2D eigenvalue weighted by Crippen LogP contribution is -2.12. The Bertz CT molecular complexity index is 486. The molecule has 5 heteroatoms. The van der Waals surface area contributed by atoms with Crippen molar-refractivity contribution in [2.24, 2.45) is 7.05 Å². The lowest BCUT2D eigenvalue weighted by molar-refractivity contribution is 0.690. The summed E-state index contributed by atoms with van der Waals surface area (Å²) in [5, 5.41) is 8.86. The molecule has 0 saturated carbocycles. The maximum Gasteiger partial charge on any atom is 0.0925 e. The van der Waals surface area contributed by atoms with E-state index in [-0.39, 0.29) is 0 Å². The SMILES string of the molecule is CCc1ncc(CNCc2cnn(C)c2C)s1. The predicted octanol–water partition coefficient (Wildman–Crippen LogP) is 2.04. The summed E-state index contributed by atoms with van der Waals surface area (Å²) in [6, 6.07) is 0. The summed E-state index contributed by atoms with van der Waals surface area (Å²) in [4.78, 5) is 5.64. The molecule has 0 fully saturated rings. The zero-order valence-electron chi connectivity index (χ0n) is 10.5. The second kappa shape index (κ2) is 5.42. The molecule has 0 aliphatic carbocycles. The number of aromatic nitrogens is 3. The van der Waals surface area contributed by atoms with Gasteiger partial charge in [0.2, 0.25) is 0 Å². The van der Waals surface area contributed by atoms with Gasteiger partial charge in [-0.3, -0.25) is 4.68 Å². The lowest BCUT2D eigenvalue weighted by atomic mass is 10.2. The molecule has 0 bridgehead atoms. The van der Waals surface area contributed by atoms with E-state index < -0.39 is 0 Å². The van der Waals surface area contributed by atoms with Crippen molar-refractivity contribution < 1.29 is 0 Å². The first-order valence-corrected chi connectivity index (χ1v) is 6.64. The van der Waals surface area contributed by atoms with E-state index in [1.54, 1.807) is 11.3 Å². The molecule has 17 heavy (non-hydrogen) atoms. The second-order valence-corrected chi connectivity index (χ2v) is 5.26. The zero-order chi connectivity index (χ0) is 12.3. The summed E-state index contributed by atoms with van der Waals surface area (Å²) in [6.07, 6.45) is 4.91. The number of thiazole rings is 1. The first kappa shape index (κ1) is 12.3. The third kappa shape index (κ3) is 2.92. The monoisotopic (exact) mass is 250 g/mol. The van der Waals surface area contributed by atoms with Crippen molar-refractivity contribution in [3.8, 4) is 0 Å². The van der Waals surface area contributed by atoms with Crippen LogP contribution in [0.25, 0.3) is 0 Å². The average molecular weight is 250 g/mol. The molecule has 0 aliphatic rings. The van der Waals surface area contributed by atoms with E-state index in [0.29, 0.717) is 0 Å². The minimum Gasteiger partial charge on any atom is -0.308 e. The fourth-order valence-electron chi connectivity index (χ4n) is 1.63. The van der Waals surface area contributed by atoms with Crippen LogP contribution in [-0.4, -0.2) is 14.8 Å². The molecule has 0 unspecified atom stereocenters. The average Bonchev–Trinajstić information content (AvgIpc) is 2.90. The summed E-state index contributed by atoms with van der Waals surface area (Å²) in [5.41, 5.74) is 2.48. The Hall–Kier alpha value is -1.20. The van der Waals surface area contributed by atoms with Gasteiger partial charge in [-0.2, -0.15) is 5.10 Å². The van der Waals surface area contributed by atoms with Crippen molar-refractivity contribution in [1.29, 1.82) is 0 Å². The highest BCUT2D eigenvalue weighted by Crippen LogP contribution is 2.13. The van der Waals surface area contributed by atoms with Crippen molar-refractivity contribution in [2.45, 2.75) is 33.4 Å². The molecule has 92 valence electrons. The lowest BCUT2D eigenvalue weighted by Gasteiger charge is -2.02. The van der Waals surface area contributed by atoms with Crippen LogP contribution in [0.2, 0.25) is 0 Å². The quantitative estimate of drug-likeness (QED) is 0.883. The van der Waals surface area contributed by atoms with Gasteiger partial charge in [-0.1, -0.05) is 6.92 Å². The van der Waals surface area contributed by atoms with Gasteiger partial charge < -0.3 is 5.32 Å². The van der Waals surface area contributed by atoms with Crippen molar-refractivity contribution >= 4 is 11.3 Å². The topological polar surface area (TPSA) is 42.7 Å². The van der Waals surface area contributed by atoms with E-state index in [4.69, 9.17) is 0 Å². The van der Waals surface area contributed by atoms with E-state index in [2.05, 4.69) is 29.2 Å². The minimum absolute atomic E-state index is 0.860. The van der Waals surface area contributed by atoms with Crippen molar-refractivity contribution in [1.82, 2.24) is 20.1 Å². The smallest absolute Gasteiger partial charge is 0.0925 e. The molecule has 2 heterocycles. The minimum atomic E-state index is 0.860. The Morgan fingerprint density at radius 1 is 1.35 bits per heavy atom. The van der Waals surface area contributed by atoms with Gasteiger partial charge in [0.1, 0.15) is 0 Å². The molecule has 0 atom stereocenters. The van der Waals surface area contributed by atoms with Gasteiger partial charge >= 0.3 is 0 Å². The fourth-order valence-corrected chi connectivity index (χ4v) is 2.46. The zero-order valence-corrected chi connectivity index (χ0v) is 11.3. The van der Waals surface area contributed by atoms with Crippen molar-refractivity contribution in [3.63, 3.8) is 0 Å². The molecule has 0 saturated heterocycles. The molecule has 0 spiro atoms. The molecule has 1 N–H and O–H groups in total. The number of nitrogens with one attached hydrogen (secondary N) is 1. The van der Waals surface area contributed by atoms with Crippen molar-refractivity contribution in [3.05, 3.63) is 33.5 Å². The standard InChI is InChI=1S/C12H18N4S/c1-4-12-14-8-11(17-12)7-13-5-10-6-15-16(3)9(10)2/h6,8,13H,4-5,7H2,1-3H3. The fraction of sp³-hybridized carbons (Fsp3) is 0.500. The van der Waals surface area contributed by atoms with E-state index in [0.717, 1.165) is 19.5 Å². The van der Waals surface area contributed by atoms with E-state index in [1.807, 2.05) is 24.1 Å². The number of nitrogens with zero attached hydrogens (tertiary/aromatic N) is 3. The number of hydrogen-bond acceptors (Lipinski definition) is 4. The first-order valence-electron chi connectivity index (χ1n) is 5.82. The highest BCUT2D eigenvalue weighted by molar-refractivity contribution is 7.11. The van der Waals surface area contributed by atoms with Crippen LogP contribution < -0.4 is 5.32 Å². The predicted molar refractivity (Wildman–Crippen MR) is 70.0 cm³/mol. The van der Waals surface area contributed by atoms with Crippen LogP contribution in [0.15, 0.2) is 12.4 Å². The molecule has 2 aromatic rings. The van der Waals surface area contributed by atoms with Crippen LogP contribution in [-0.2, 0) is 26.6 Å². The molecule has 0 aliphatic heterocycles. The number of hydrogen-bond donors (Lipinski definition) is 1. The summed E-state index contributed by atoms with van der Waals surface area (Å²) < 4.78 is 1.90. The first-order chi connectivity index (χ1) is 8.20. The van der Waals surface area contributed by atoms with Crippen molar-refractivity contribution in [2.75, 3.05) is 0 Å². The van der Waals surface area contributed by atoms with Gasteiger partial charge in [0, 0.05) is 42.5 Å². The number of rotatable bonds is 5. The Labute approximate surface area is 106 Å². The third-order valence-corrected chi connectivity index (χ3v) is 4.00. The maximum atomic E-state index is 4.34. The molecule has 2 aromatic heterocycles. The summed E-state index contributed by atoms with van der Waals surface area (Å²) in [6.45, 7) is 5.96. The number of aryl methyl sites for hydroxylation is 2. The van der Waals surface area contributed by atoms with Crippen LogP contribution in [0, 0.1) is 6.92 Å². The van der Waals surface area contributed by atoms with Gasteiger partial charge in [0.25, 0.3) is 0 Å². The highest BCUT2D eigenvalue weighted by Gasteiger charge is 2.04. The molecule has 0 radical (unpaired) electrons. The van der Waals surface area contributed by atoms with Crippen LogP contribution in [0.4, 0.5) is 0 Å². The third-order valence-electron chi connectivity index (χ3n) is 2.86. The van der Waals surface area contributed by atoms with Crippen LogP contribution in [0.1, 0.15) is 28.1 Å². The van der Waals surface area contributed by atoms with Crippen LogP contribution in [0.5, 0.6) is 0 Å². The van der Waals surface area contributed by atoms with Gasteiger partial charge in [0.05, 0.1) is 11.2 Å². The van der Waals surface area contributed by atoms with Gasteiger partial charge in [-0.05, 0) is 13.3 Å². The Kier molecular flexibility index (Phi) is 3.91. The second-order valence-electron chi connectivity index (χ2n) is 4.06. The molecule has 4 nitrogen and oxygen atoms in total. The largest absolute Gasteiger partial charge is 0.308 e. The van der Waals surface area contributed by atoms with E-state index in [1.165, 1.54) is 21.1 Å². The Morgan fingerprint density at radius 2 is 2.18 bits per heavy atom. The molecular weight excluding hydrogens is 232 g/mol. The van der Waals surface area contributed by atoms with E-state index >= 15 is 0 Å². The maximum absolute atomic E-state index is 4.34. The molecule has 0 aromatic carbocycles. The summed E-state index contributed by atoms with van der Waals surface area (Å²) in [5.74, 6) is 0. The Balaban J connectivity index is 1.85. The molecule has 2 rings (SSSR count). The van der Waals surface area contributed by atoms with Crippen LogP contribution in [0.3, 0.4) is 0 Å². The normalized spacial score (nSPS) is 11.0. The summed E-state index contributed by atoms with van der Waals surface area (Å²) in [7, 11) is 1.97. The van der Waals surface area contributed by atoms with Crippen LogP contribution >= 0.6 is 11.3 Å². The van der Waals surface area contributed by atoms with Gasteiger partial charge in [-0.25, -0.2) is 4.98 Å². The highest BCUT2D eigenvalue weighted by atomic mass is 32.1. The molecular formula is C12H18N4S. The van der Waals surface area contributed by atoms with Gasteiger partial charge in [0.15, 0.2) is 0 Å². The molecule has 0 amide bonds. The van der Waals surface area contributed by atoms with Gasteiger partial charge in [-0.15, -0.1) is 11.3 Å². The van der Waals surface area contributed by atoms with E-state index in [9.17, 15) is 0 Å². The summed E-state index contributed by atoms with van der Waals surface area (Å²) >= 11 is 1.78.